The number of hydrogen-bond donors (Lipinski definition) is 0. The fourth-order valence-corrected chi connectivity index (χ4v) is 6.57. The summed E-state index contributed by atoms with van der Waals surface area (Å²) in [5.74, 6) is 0. The van der Waals surface area contributed by atoms with Crippen LogP contribution >= 0.6 is 11.3 Å². The molecule has 0 saturated heterocycles. The first-order valence-corrected chi connectivity index (χ1v) is 10.6. The van der Waals surface area contributed by atoms with E-state index >= 15 is 0 Å². The number of para-hydroxylation sites is 2. The maximum absolute atomic E-state index is 10.7. The third-order valence-corrected chi connectivity index (χ3v) is 7.97. The van der Waals surface area contributed by atoms with Crippen LogP contribution in [-0.2, 0) is 11.8 Å². The van der Waals surface area contributed by atoms with Gasteiger partial charge in [0, 0.05) is 19.2 Å². The standard InChI is InChI=1S/C23H23N3S/c1-26-19-11-5-3-9-17(19)15-22(16-24,23(26)13-7-2-8-14-23)21-25-18-10-4-6-12-20(18)27-21/h3-6,9-12H,2,7-8,13-15H2,1H3. The molecule has 2 aromatic carbocycles. The van der Waals surface area contributed by atoms with E-state index in [4.69, 9.17) is 4.98 Å². The molecule has 1 atom stereocenters. The Morgan fingerprint density at radius 1 is 1.04 bits per heavy atom. The molecule has 2 aliphatic rings. The normalized spacial score (nSPS) is 23.9. The van der Waals surface area contributed by atoms with Gasteiger partial charge >= 0.3 is 0 Å². The SMILES string of the molecule is CN1c2ccccc2CC(C#N)(c2nc3ccccc3s2)C12CCCCC2. The van der Waals surface area contributed by atoms with Crippen LogP contribution in [0.1, 0.15) is 42.7 Å². The second-order valence-electron chi connectivity index (χ2n) is 7.96. The van der Waals surface area contributed by atoms with E-state index in [1.807, 2.05) is 6.07 Å². The summed E-state index contributed by atoms with van der Waals surface area (Å²) in [6.45, 7) is 0. The number of benzene rings is 2. The van der Waals surface area contributed by atoms with Crippen molar-refractivity contribution in [3.8, 4) is 6.07 Å². The van der Waals surface area contributed by atoms with Crippen molar-refractivity contribution in [1.82, 2.24) is 4.98 Å². The molecular formula is C23H23N3S. The van der Waals surface area contributed by atoms with Gasteiger partial charge in [-0.3, -0.25) is 0 Å². The minimum Gasteiger partial charge on any atom is -0.367 e. The summed E-state index contributed by atoms with van der Waals surface area (Å²) < 4.78 is 1.18. The first kappa shape index (κ1) is 16.8. The van der Waals surface area contributed by atoms with Gasteiger partial charge in [0.2, 0.25) is 0 Å². The number of thiazole rings is 1. The second-order valence-corrected chi connectivity index (χ2v) is 8.99. The van der Waals surface area contributed by atoms with E-state index in [0.717, 1.165) is 29.8 Å². The topological polar surface area (TPSA) is 39.9 Å². The minimum atomic E-state index is -0.597. The molecule has 0 N–H and O–H groups in total. The van der Waals surface area contributed by atoms with Gasteiger partial charge in [0.1, 0.15) is 10.4 Å². The van der Waals surface area contributed by atoms with Crippen molar-refractivity contribution < 1.29 is 0 Å². The Morgan fingerprint density at radius 2 is 1.78 bits per heavy atom. The first-order chi connectivity index (χ1) is 13.2. The number of anilines is 1. The summed E-state index contributed by atoms with van der Waals surface area (Å²) in [4.78, 5) is 7.44. The van der Waals surface area contributed by atoms with Crippen LogP contribution in [0.25, 0.3) is 10.2 Å². The van der Waals surface area contributed by atoms with Crippen molar-refractivity contribution in [1.29, 1.82) is 5.26 Å². The van der Waals surface area contributed by atoms with E-state index in [2.05, 4.69) is 60.5 Å². The zero-order valence-electron chi connectivity index (χ0n) is 15.6. The van der Waals surface area contributed by atoms with Gasteiger partial charge in [0.25, 0.3) is 0 Å². The van der Waals surface area contributed by atoms with Gasteiger partial charge in [0.15, 0.2) is 0 Å². The average Bonchev–Trinajstić information content (AvgIpc) is 3.16. The Morgan fingerprint density at radius 3 is 2.56 bits per heavy atom. The van der Waals surface area contributed by atoms with Crippen LogP contribution in [0.3, 0.4) is 0 Å². The monoisotopic (exact) mass is 373 g/mol. The summed E-state index contributed by atoms with van der Waals surface area (Å²) >= 11 is 1.71. The molecule has 1 saturated carbocycles. The van der Waals surface area contributed by atoms with Crippen molar-refractivity contribution in [3.63, 3.8) is 0 Å². The van der Waals surface area contributed by atoms with Gasteiger partial charge in [0.05, 0.1) is 21.8 Å². The lowest BCUT2D eigenvalue weighted by Crippen LogP contribution is -2.65. The fourth-order valence-electron chi connectivity index (χ4n) is 5.37. The Labute approximate surface area is 164 Å². The van der Waals surface area contributed by atoms with Crippen LogP contribution in [0.4, 0.5) is 5.69 Å². The average molecular weight is 374 g/mol. The summed E-state index contributed by atoms with van der Waals surface area (Å²) in [5, 5.41) is 11.7. The summed E-state index contributed by atoms with van der Waals surface area (Å²) in [6, 6.07) is 19.7. The number of hydrogen-bond acceptors (Lipinski definition) is 4. The highest BCUT2D eigenvalue weighted by atomic mass is 32.1. The predicted molar refractivity (Wildman–Crippen MR) is 111 cm³/mol. The molecule has 136 valence electrons. The molecule has 3 aromatic rings. The van der Waals surface area contributed by atoms with E-state index < -0.39 is 5.41 Å². The maximum atomic E-state index is 10.7. The Bertz CT molecular complexity index is 1010. The number of rotatable bonds is 1. The lowest BCUT2D eigenvalue weighted by atomic mass is 9.58. The van der Waals surface area contributed by atoms with Crippen LogP contribution < -0.4 is 4.90 Å². The van der Waals surface area contributed by atoms with Gasteiger partial charge in [-0.25, -0.2) is 4.98 Å². The highest BCUT2D eigenvalue weighted by Crippen LogP contribution is 2.55. The Hall–Kier alpha value is -2.38. The Balaban J connectivity index is 1.78. The molecule has 4 heteroatoms. The zero-order valence-corrected chi connectivity index (χ0v) is 16.4. The minimum absolute atomic E-state index is 0.178. The summed E-state index contributed by atoms with van der Waals surface area (Å²) in [5.41, 5.74) is 2.78. The molecule has 1 spiro atoms. The molecule has 27 heavy (non-hydrogen) atoms. The van der Waals surface area contributed by atoms with Crippen LogP contribution in [0, 0.1) is 11.3 Å². The third-order valence-electron chi connectivity index (χ3n) is 6.78. The quantitative estimate of drug-likeness (QED) is 0.569. The van der Waals surface area contributed by atoms with E-state index in [1.54, 1.807) is 11.3 Å². The van der Waals surface area contributed by atoms with Crippen molar-refractivity contribution in [2.45, 2.75) is 49.5 Å². The highest BCUT2D eigenvalue weighted by Gasteiger charge is 2.60. The fraction of sp³-hybridized carbons (Fsp3) is 0.391. The van der Waals surface area contributed by atoms with E-state index in [0.29, 0.717) is 0 Å². The molecular weight excluding hydrogens is 350 g/mol. The predicted octanol–water partition coefficient (Wildman–Crippen LogP) is 5.45. The molecule has 1 aromatic heterocycles. The van der Waals surface area contributed by atoms with Gasteiger partial charge in [-0.2, -0.15) is 5.26 Å². The molecule has 5 rings (SSSR count). The largest absolute Gasteiger partial charge is 0.367 e. The molecule has 0 bridgehead atoms. The number of fused-ring (bicyclic) bond motifs is 2. The number of nitriles is 1. The van der Waals surface area contributed by atoms with Gasteiger partial charge in [-0.15, -0.1) is 11.3 Å². The molecule has 1 fully saturated rings. The van der Waals surface area contributed by atoms with Crippen LogP contribution in [0.5, 0.6) is 0 Å². The van der Waals surface area contributed by atoms with Crippen molar-refractivity contribution in [2.24, 2.45) is 0 Å². The third kappa shape index (κ3) is 2.21. The lowest BCUT2D eigenvalue weighted by molar-refractivity contribution is 0.178. The molecule has 1 aliphatic carbocycles. The van der Waals surface area contributed by atoms with E-state index in [9.17, 15) is 5.26 Å². The number of aromatic nitrogens is 1. The first-order valence-electron chi connectivity index (χ1n) is 9.79. The molecule has 2 heterocycles. The molecule has 0 radical (unpaired) electrons. The van der Waals surface area contributed by atoms with Crippen LogP contribution in [-0.4, -0.2) is 17.6 Å². The molecule has 0 amide bonds. The molecule has 1 unspecified atom stereocenters. The number of likely N-dealkylation sites (N-methyl/N-ethyl adjacent to an activating group) is 1. The number of nitrogens with zero attached hydrogens (tertiary/aromatic N) is 3. The smallest absolute Gasteiger partial charge is 0.136 e. The van der Waals surface area contributed by atoms with Crippen LogP contribution in [0.15, 0.2) is 48.5 Å². The summed E-state index contributed by atoms with van der Waals surface area (Å²) in [6.07, 6.45) is 6.49. The summed E-state index contributed by atoms with van der Waals surface area (Å²) in [7, 11) is 2.20. The maximum Gasteiger partial charge on any atom is 0.136 e. The van der Waals surface area contributed by atoms with E-state index in [1.165, 1.54) is 35.2 Å². The molecule has 3 nitrogen and oxygen atoms in total. The van der Waals surface area contributed by atoms with Crippen molar-refractivity contribution >= 4 is 27.2 Å². The highest BCUT2D eigenvalue weighted by molar-refractivity contribution is 7.18. The van der Waals surface area contributed by atoms with Gasteiger partial charge in [-0.1, -0.05) is 49.6 Å². The Kier molecular flexibility index (Phi) is 3.77. The van der Waals surface area contributed by atoms with Crippen molar-refractivity contribution in [3.05, 3.63) is 59.1 Å². The van der Waals surface area contributed by atoms with E-state index in [-0.39, 0.29) is 5.54 Å². The zero-order chi connectivity index (χ0) is 18.5. The second kappa shape index (κ2) is 6.07. The van der Waals surface area contributed by atoms with Crippen molar-refractivity contribution in [2.75, 3.05) is 11.9 Å². The van der Waals surface area contributed by atoms with Gasteiger partial charge < -0.3 is 4.90 Å². The van der Waals surface area contributed by atoms with Gasteiger partial charge in [-0.05, 0) is 36.6 Å². The lowest BCUT2D eigenvalue weighted by Gasteiger charge is -2.57. The van der Waals surface area contributed by atoms with Crippen LogP contribution in [0.2, 0.25) is 0 Å². The molecule has 1 aliphatic heterocycles.